The maximum absolute atomic E-state index is 13.4. The van der Waals surface area contributed by atoms with Crippen molar-refractivity contribution in [2.75, 3.05) is 0 Å². The van der Waals surface area contributed by atoms with Gasteiger partial charge in [0.1, 0.15) is 22.8 Å². The van der Waals surface area contributed by atoms with Crippen LogP contribution in [-0.4, -0.2) is 22.1 Å². The van der Waals surface area contributed by atoms with Gasteiger partial charge in [-0.1, -0.05) is 51.1 Å². The van der Waals surface area contributed by atoms with Crippen molar-refractivity contribution in [1.82, 2.24) is 0 Å². The van der Waals surface area contributed by atoms with Gasteiger partial charge in [-0.3, -0.25) is 4.79 Å². The molecule has 1 heterocycles. The highest BCUT2D eigenvalue weighted by Gasteiger charge is 2.50. The van der Waals surface area contributed by atoms with E-state index in [9.17, 15) is 14.3 Å². The number of carbonyl (C=O) groups is 1. The number of rotatable bonds is 5. The Hall–Kier alpha value is -2.46. The summed E-state index contributed by atoms with van der Waals surface area (Å²) < 4.78 is 19.4. The molecule has 29 heavy (non-hydrogen) atoms. The van der Waals surface area contributed by atoms with Crippen LogP contribution in [0.15, 0.2) is 48.2 Å². The van der Waals surface area contributed by atoms with Crippen LogP contribution in [0.2, 0.25) is 0 Å². The molecule has 0 bridgehead atoms. The predicted octanol–water partition coefficient (Wildman–Crippen LogP) is 6.26. The Morgan fingerprint density at radius 3 is 2.07 bits per heavy atom. The molecule has 154 valence electrons. The minimum atomic E-state index is -0.979. The fourth-order valence-corrected chi connectivity index (χ4v) is 3.90. The standard InChI is InChI=1S/C25H29FO3/c1-6-16-15-18(17-9-12-19(26)13-10-17)11-14-20(16)21-22(27)24(4,7-2)29-25(5,8-3)23(21)28/h9-15,27H,6-8H2,1-5H3. The molecule has 2 atom stereocenters. The maximum atomic E-state index is 13.4. The number of hydrogen-bond donors (Lipinski definition) is 1. The first kappa shape index (κ1) is 21.3. The molecular formula is C25H29FO3. The van der Waals surface area contributed by atoms with Crippen molar-refractivity contribution in [3.05, 3.63) is 65.2 Å². The van der Waals surface area contributed by atoms with E-state index in [0.717, 1.165) is 22.3 Å². The summed E-state index contributed by atoms with van der Waals surface area (Å²) in [7, 11) is 0. The summed E-state index contributed by atoms with van der Waals surface area (Å²) in [6, 6.07) is 12.2. The molecule has 0 amide bonds. The van der Waals surface area contributed by atoms with E-state index in [2.05, 4.69) is 0 Å². The van der Waals surface area contributed by atoms with Crippen LogP contribution in [0, 0.1) is 5.82 Å². The first-order chi connectivity index (χ1) is 13.7. The van der Waals surface area contributed by atoms with Crippen molar-refractivity contribution in [2.24, 2.45) is 0 Å². The van der Waals surface area contributed by atoms with Crippen LogP contribution in [0.4, 0.5) is 4.39 Å². The number of ketones is 1. The van der Waals surface area contributed by atoms with E-state index in [1.54, 1.807) is 19.1 Å². The Kier molecular flexibility index (Phi) is 5.68. The number of aryl methyl sites for hydroxylation is 1. The smallest absolute Gasteiger partial charge is 0.198 e. The van der Waals surface area contributed by atoms with Crippen molar-refractivity contribution >= 4 is 11.4 Å². The summed E-state index contributed by atoms with van der Waals surface area (Å²) >= 11 is 0. The van der Waals surface area contributed by atoms with Gasteiger partial charge in [0.25, 0.3) is 0 Å². The number of halogens is 1. The lowest BCUT2D eigenvalue weighted by atomic mass is 9.78. The van der Waals surface area contributed by atoms with Crippen molar-refractivity contribution in [2.45, 2.75) is 65.1 Å². The minimum Gasteiger partial charge on any atom is -0.508 e. The molecule has 0 spiro atoms. The second kappa shape index (κ2) is 7.75. The van der Waals surface area contributed by atoms with Crippen molar-refractivity contribution in [3.8, 4) is 11.1 Å². The summed E-state index contributed by atoms with van der Waals surface area (Å²) in [6.45, 7) is 9.52. The molecule has 2 aromatic rings. The second-order valence-corrected chi connectivity index (χ2v) is 8.06. The number of aliphatic hydroxyl groups excluding tert-OH is 1. The first-order valence-electron chi connectivity index (χ1n) is 10.3. The fourth-order valence-electron chi connectivity index (χ4n) is 3.90. The maximum Gasteiger partial charge on any atom is 0.198 e. The first-order valence-corrected chi connectivity index (χ1v) is 10.3. The van der Waals surface area contributed by atoms with E-state index in [0.29, 0.717) is 24.8 Å². The Balaban J connectivity index is 2.18. The molecule has 0 aromatic heterocycles. The van der Waals surface area contributed by atoms with Crippen LogP contribution in [0.3, 0.4) is 0 Å². The Labute approximate surface area is 172 Å². The minimum absolute atomic E-state index is 0.000146. The van der Waals surface area contributed by atoms with E-state index in [1.165, 1.54) is 12.1 Å². The van der Waals surface area contributed by atoms with E-state index in [4.69, 9.17) is 4.74 Å². The van der Waals surface area contributed by atoms with Gasteiger partial charge >= 0.3 is 0 Å². The average molecular weight is 397 g/mol. The van der Waals surface area contributed by atoms with Crippen LogP contribution in [-0.2, 0) is 16.0 Å². The van der Waals surface area contributed by atoms with Crippen LogP contribution < -0.4 is 0 Å². The highest BCUT2D eigenvalue weighted by atomic mass is 19.1. The number of ether oxygens (including phenoxy) is 1. The van der Waals surface area contributed by atoms with Crippen LogP contribution >= 0.6 is 0 Å². The van der Waals surface area contributed by atoms with Gasteiger partial charge in [-0.05, 0) is 67.5 Å². The highest BCUT2D eigenvalue weighted by molar-refractivity contribution is 6.26. The molecule has 0 aliphatic carbocycles. The topological polar surface area (TPSA) is 46.5 Å². The molecule has 3 nitrogen and oxygen atoms in total. The monoisotopic (exact) mass is 396 g/mol. The van der Waals surface area contributed by atoms with Gasteiger partial charge in [-0.2, -0.15) is 0 Å². The Morgan fingerprint density at radius 2 is 1.52 bits per heavy atom. The molecule has 4 heteroatoms. The van der Waals surface area contributed by atoms with Crippen molar-refractivity contribution in [3.63, 3.8) is 0 Å². The quantitative estimate of drug-likeness (QED) is 0.649. The number of carbonyl (C=O) groups excluding carboxylic acids is 1. The SMILES string of the molecule is CCc1cc(-c2ccc(F)cc2)ccc1C1=C(O)C(C)(CC)OC(C)(CC)C1=O. The van der Waals surface area contributed by atoms with Gasteiger partial charge < -0.3 is 9.84 Å². The lowest BCUT2D eigenvalue weighted by Crippen LogP contribution is -2.52. The fraction of sp³-hybridized carbons (Fsp3) is 0.400. The van der Waals surface area contributed by atoms with E-state index in [1.807, 2.05) is 45.9 Å². The Morgan fingerprint density at radius 1 is 0.931 bits per heavy atom. The Bertz CT molecular complexity index is 961. The van der Waals surface area contributed by atoms with Crippen LogP contribution in [0.1, 0.15) is 58.6 Å². The summed E-state index contributed by atoms with van der Waals surface area (Å²) in [6.07, 6.45) is 1.77. The van der Waals surface area contributed by atoms with E-state index >= 15 is 0 Å². The molecule has 2 aromatic carbocycles. The lowest BCUT2D eigenvalue weighted by Gasteiger charge is -2.43. The van der Waals surface area contributed by atoms with Gasteiger partial charge in [0, 0.05) is 0 Å². The third kappa shape index (κ3) is 3.62. The third-order valence-corrected chi connectivity index (χ3v) is 6.18. The molecule has 1 aliphatic heterocycles. The molecule has 2 unspecified atom stereocenters. The average Bonchev–Trinajstić information content (AvgIpc) is 2.73. The number of benzene rings is 2. The zero-order chi connectivity index (χ0) is 21.4. The summed E-state index contributed by atoms with van der Waals surface area (Å²) in [4.78, 5) is 13.4. The van der Waals surface area contributed by atoms with Crippen LogP contribution in [0.5, 0.6) is 0 Å². The summed E-state index contributed by atoms with van der Waals surface area (Å²) in [5, 5.41) is 11.1. The zero-order valence-corrected chi connectivity index (χ0v) is 17.8. The highest BCUT2D eigenvalue weighted by Crippen LogP contribution is 2.44. The molecule has 0 saturated heterocycles. The van der Waals surface area contributed by atoms with Crippen molar-refractivity contribution < 1.29 is 19.0 Å². The summed E-state index contributed by atoms with van der Waals surface area (Å²) in [5.74, 6) is -0.463. The normalized spacial score (nSPS) is 24.8. The second-order valence-electron chi connectivity index (χ2n) is 8.06. The van der Waals surface area contributed by atoms with Gasteiger partial charge in [-0.25, -0.2) is 4.39 Å². The van der Waals surface area contributed by atoms with Gasteiger partial charge in [0.2, 0.25) is 0 Å². The number of hydrogen-bond acceptors (Lipinski definition) is 3. The molecule has 0 fully saturated rings. The van der Waals surface area contributed by atoms with E-state index < -0.39 is 11.2 Å². The van der Waals surface area contributed by atoms with Gasteiger partial charge in [0.05, 0.1) is 5.57 Å². The largest absolute Gasteiger partial charge is 0.508 e. The van der Waals surface area contributed by atoms with E-state index in [-0.39, 0.29) is 17.4 Å². The number of aliphatic hydroxyl groups is 1. The van der Waals surface area contributed by atoms with Crippen LogP contribution in [0.25, 0.3) is 16.7 Å². The molecule has 1 N–H and O–H groups in total. The molecule has 0 saturated carbocycles. The van der Waals surface area contributed by atoms with Gasteiger partial charge in [-0.15, -0.1) is 0 Å². The summed E-state index contributed by atoms with van der Waals surface area (Å²) in [5.41, 5.74) is 2.01. The third-order valence-electron chi connectivity index (χ3n) is 6.18. The number of Topliss-reactive ketones (excluding diaryl/α,β-unsaturated/α-hetero) is 1. The lowest BCUT2D eigenvalue weighted by molar-refractivity contribution is -0.167. The molecule has 3 rings (SSSR count). The zero-order valence-electron chi connectivity index (χ0n) is 17.8. The molecular weight excluding hydrogens is 367 g/mol. The van der Waals surface area contributed by atoms with Crippen molar-refractivity contribution in [1.29, 1.82) is 0 Å². The molecule has 1 aliphatic rings. The van der Waals surface area contributed by atoms with Gasteiger partial charge in [0.15, 0.2) is 5.78 Å². The predicted molar refractivity (Wildman–Crippen MR) is 114 cm³/mol. The molecule has 0 radical (unpaired) electrons.